The molecule has 3 heteroatoms. The van der Waals surface area contributed by atoms with Gasteiger partial charge >= 0.3 is 0 Å². The van der Waals surface area contributed by atoms with Gasteiger partial charge < -0.3 is 0 Å². The van der Waals surface area contributed by atoms with E-state index in [4.69, 9.17) is 0 Å². The van der Waals surface area contributed by atoms with Gasteiger partial charge in [0.25, 0.3) is 0 Å². The van der Waals surface area contributed by atoms with Crippen LogP contribution in [0.4, 0.5) is 0 Å². The van der Waals surface area contributed by atoms with Crippen LogP contribution in [-0.2, 0) is 7.05 Å². The summed E-state index contributed by atoms with van der Waals surface area (Å²) in [7, 11) is 1.99. The van der Waals surface area contributed by atoms with Gasteiger partial charge in [0.1, 0.15) is 0 Å². The molecule has 1 saturated carbocycles. The minimum atomic E-state index is 0.897. The predicted molar refractivity (Wildman–Crippen MR) is 99.8 cm³/mol. The number of nitrogens with zero attached hydrogens (tertiary/aromatic N) is 3. The molecule has 1 aliphatic carbocycles. The number of aryl methyl sites for hydroxylation is 1. The van der Waals surface area contributed by atoms with E-state index in [2.05, 4.69) is 47.3 Å². The average Bonchev–Trinajstić information content (AvgIpc) is 2.88. The van der Waals surface area contributed by atoms with Crippen molar-refractivity contribution in [3.63, 3.8) is 0 Å². The molecule has 1 saturated heterocycles. The topological polar surface area (TPSA) is 21.1 Å². The van der Waals surface area contributed by atoms with E-state index in [9.17, 15) is 0 Å². The Hall–Kier alpha value is -1.87. The second kappa shape index (κ2) is 6.56. The third kappa shape index (κ3) is 3.05. The van der Waals surface area contributed by atoms with Crippen molar-refractivity contribution in [3.8, 4) is 11.1 Å². The summed E-state index contributed by atoms with van der Waals surface area (Å²) in [6.45, 7) is 4.63. The summed E-state index contributed by atoms with van der Waals surface area (Å²) >= 11 is 0. The maximum absolute atomic E-state index is 4.34. The zero-order valence-electron chi connectivity index (χ0n) is 14.8. The van der Waals surface area contributed by atoms with Crippen molar-refractivity contribution in [1.29, 1.82) is 0 Å². The Labute approximate surface area is 145 Å². The van der Waals surface area contributed by atoms with E-state index in [0.717, 1.165) is 6.04 Å². The van der Waals surface area contributed by atoms with E-state index in [1.165, 1.54) is 67.6 Å². The van der Waals surface area contributed by atoms with Crippen LogP contribution in [0.1, 0.15) is 43.4 Å². The molecule has 2 fully saturated rings. The fraction of sp³-hybridized carbons (Fsp3) is 0.476. The molecule has 0 unspecified atom stereocenters. The Morgan fingerprint density at radius 2 is 1.79 bits per heavy atom. The zero-order valence-corrected chi connectivity index (χ0v) is 14.8. The van der Waals surface area contributed by atoms with Crippen molar-refractivity contribution in [2.75, 3.05) is 13.1 Å². The first-order valence-corrected chi connectivity index (χ1v) is 9.23. The lowest BCUT2D eigenvalue weighted by Crippen LogP contribution is -2.43. The summed E-state index contributed by atoms with van der Waals surface area (Å²) in [5, 5.41) is 4.34. The molecule has 0 radical (unpaired) electrons. The second-order valence-electron chi connectivity index (χ2n) is 7.31. The number of rotatable bonds is 3. The monoisotopic (exact) mass is 321 g/mol. The maximum atomic E-state index is 4.34. The van der Waals surface area contributed by atoms with Crippen LogP contribution in [0.3, 0.4) is 0 Å². The van der Waals surface area contributed by atoms with Crippen molar-refractivity contribution < 1.29 is 0 Å². The molecule has 0 spiro atoms. The molecule has 4 rings (SSSR count). The molecule has 24 heavy (non-hydrogen) atoms. The number of piperidine rings is 1. The largest absolute Gasteiger partial charge is 0.300 e. The number of aromatic nitrogens is 2. The summed E-state index contributed by atoms with van der Waals surface area (Å²) in [5.74, 6) is 0. The number of hydrogen-bond acceptors (Lipinski definition) is 2. The van der Waals surface area contributed by atoms with Gasteiger partial charge in [0.05, 0.1) is 6.20 Å². The lowest BCUT2D eigenvalue weighted by molar-refractivity contribution is 0.118. The summed E-state index contributed by atoms with van der Waals surface area (Å²) in [5.41, 5.74) is 6.63. The predicted octanol–water partition coefficient (Wildman–Crippen LogP) is 4.43. The van der Waals surface area contributed by atoms with Gasteiger partial charge in [0.15, 0.2) is 0 Å². The Morgan fingerprint density at radius 1 is 1.08 bits per heavy atom. The van der Waals surface area contributed by atoms with Crippen LogP contribution in [0.2, 0.25) is 0 Å². The first-order valence-electron chi connectivity index (χ1n) is 9.23. The maximum Gasteiger partial charge on any atom is 0.0571 e. The highest BCUT2D eigenvalue weighted by molar-refractivity contribution is 5.67. The Balaban J connectivity index is 1.43. The minimum absolute atomic E-state index is 0.897. The van der Waals surface area contributed by atoms with E-state index in [1.807, 2.05) is 17.9 Å². The van der Waals surface area contributed by atoms with Crippen LogP contribution in [-0.4, -0.2) is 33.8 Å². The average molecular weight is 321 g/mol. The molecule has 0 amide bonds. The number of likely N-dealkylation sites (tertiary alicyclic amines) is 1. The van der Waals surface area contributed by atoms with Crippen molar-refractivity contribution in [3.05, 3.63) is 47.3 Å². The molecule has 0 bridgehead atoms. The van der Waals surface area contributed by atoms with Gasteiger partial charge in [0.2, 0.25) is 0 Å². The molecule has 2 aliphatic rings. The van der Waals surface area contributed by atoms with Gasteiger partial charge in [-0.05, 0) is 43.7 Å². The highest BCUT2D eigenvalue weighted by Crippen LogP contribution is 2.30. The van der Waals surface area contributed by atoms with Gasteiger partial charge in [-0.2, -0.15) is 5.10 Å². The van der Waals surface area contributed by atoms with Crippen LogP contribution in [0.25, 0.3) is 17.2 Å². The lowest BCUT2D eigenvalue weighted by atomic mass is 9.89. The number of hydrogen-bond donors (Lipinski definition) is 0. The van der Waals surface area contributed by atoms with Crippen molar-refractivity contribution in [2.45, 2.75) is 45.1 Å². The van der Waals surface area contributed by atoms with Crippen molar-refractivity contribution in [1.82, 2.24) is 14.7 Å². The highest BCUT2D eigenvalue weighted by Gasteiger charge is 2.26. The van der Waals surface area contributed by atoms with Crippen molar-refractivity contribution >= 4 is 6.08 Å². The molecule has 126 valence electrons. The highest BCUT2D eigenvalue weighted by atomic mass is 15.3. The van der Waals surface area contributed by atoms with Gasteiger partial charge in [0, 0.05) is 37.4 Å². The minimum Gasteiger partial charge on any atom is -0.300 e. The van der Waals surface area contributed by atoms with Gasteiger partial charge in [-0.25, -0.2) is 0 Å². The Bertz CT molecular complexity index is 725. The van der Waals surface area contributed by atoms with Crippen LogP contribution in [0, 0.1) is 6.92 Å². The van der Waals surface area contributed by atoms with Crippen LogP contribution in [0.15, 0.2) is 36.0 Å². The Kier molecular flexibility index (Phi) is 4.28. The van der Waals surface area contributed by atoms with Gasteiger partial charge in [-0.1, -0.05) is 42.3 Å². The summed E-state index contributed by atoms with van der Waals surface area (Å²) in [6, 6.07) is 9.83. The molecule has 1 aromatic heterocycles. The molecule has 0 atom stereocenters. The van der Waals surface area contributed by atoms with E-state index in [0.29, 0.717) is 0 Å². The second-order valence-corrected chi connectivity index (χ2v) is 7.31. The SMILES string of the molecule is Cc1c(-c2ccc(C=C3CCN(C4CCC4)CC3)cc2)cnn1C. The third-order valence-electron chi connectivity index (χ3n) is 5.86. The molecule has 1 aliphatic heterocycles. The van der Waals surface area contributed by atoms with Crippen LogP contribution < -0.4 is 0 Å². The quantitative estimate of drug-likeness (QED) is 0.834. The van der Waals surface area contributed by atoms with E-state index in [1.54, 1.807) is 5.57 Å². The first kappa shape index (κ1) is 15.6. The fourth-order valence-electron chi connectivity index (χ4n) is 3.85. The molecule has 2 heterocycles. The molecule has 0 N–H and O–H groups in total. The normalized spacial score (nSPS) is 19.3. The molecular formula is C21H27N3. The van der Waals surface area contributed by atoms with Gasteiger partial charge in [-0.15, -0.1) is 0 Å². The summed E-state index contributed by atoms with van der Waals surface area (Å²) < 4.78 is 1.93. The number of benzene rings is 1. The summed E-state index contributed by atoms with van der Waals surface area (Å²) in [6.07, 6.45) is 11.1. The van der Waals surface area contributed by atoms with Crippen LogP contribution in [0.5, 0.6) is 0 Å². The fourth-order valence-corrected chi connectivity index (χ4v) is 3.85. The summed E-state index contributed by atoms with van der Waals surface area (Å²) in [4.78, 5) is 2.70. The van der Waals surface area contributed by atoms with E-state index in [-0.39, 0.29) is 0 Å². The first-order chi connectivity index (χ1) is 11.7. The Morgan fingerprint density at radius 3 is 2.33 bits per heavy atom. The molecule has 1 aromatic carbocycles. The van der Waals surface area contributed by atoms with Crippen molar-refractivity contribution in [2.24, 2.45) is 7.05 Å². The zero-order chi connectivity index (χ0) is 16.5. The standard InChI is InChI=1S/C21H27N3/c1-16-21(15-22-23(16)2)19-8-6-17(7-9-19)14-18-10-12-24(13-11-18)20-4-3-5-20/h6-9,14-15,20H,3-5,10-13H2,1-2H3. The van der Waals surface area contributed by atoms with Crippen LogP contribution >= 0.6 is 0 Å². The third-order valence-corrected chi connectivity index (χ3v) is 5.86. The van der Waals surface area contributed by atoms with E-state index < -0.39 is 0 Å². The smallest absolute Gasteiger partial charge is 0.0571 e. The molecule has 2 aromatic rings. The lowest BCUT2D eigenvalue weighted by Gasteiger charge is -2.40. The molecular weight excluding hydrogens is 294 g/mol. The molecule has 3 nitrogen and oxygen atoms in total. The van der Waals surface area contributed by atoms with Gasteiger partial charge in [-0.3, -0.25) is 9.58 Å². The van der Waals surface area contributed by atoms with E-state index >= 15 is 0 Å².